The summed E-state index contributed by atoms with van der Waals surface area (Å²) in [5.41, 5.74) is -0.264. The zero-order valence-corrected chi connectivity index (χ0v) is 20.8. The molecule has 2 aliphatic rings. The standard InChI is InChI=1S/C24H21ClF5N7O/c1-12-10-35(20-15-8-13(25)2-3-17(15)32-19(21(26)27)16(20)9-31)5-4-14(12)22(38)36-6-7-37-18(11-36)33-34-23(37)24(28,29)30/h2-3,8,12,14,21H,4-7,10-11H2,1H3/t12-,14+/m0/s1. The number of piperidine rings is 1. The van der Waals surface area contributed by atoms with Crippen LogP contribution in [0.5, 0.6) is 0 Å². The molecule has 0 N–H and O–H groups in total. The number of amides is 1. The lowest BCUT2D eigenvalue weighted by atomic mass is 9.85. The van der Waals surface area contributed by atoms with Crippen molar-refractivity contribution in [1.29, 1.82) is 5.26 Å². The molecule has 200 valence electrons. The first-order chi connectivity index (χ1) is 18.0. The minimum absolute atomic E-state index is 0.0676. The highest BCUT2D eigenvalue weighted by molar-refractivity contribution is 6.31. The Hall–Kier alpha value is -3.53. The number of fused-ring (bicyclic) bond motifs is 2. The zero-order valence-electron chi connectivity index (χ0n) is 20.0. The van der Waals surface area contributed by atoms with Crippen molar-refractivity contribution in [2.45, 2.75) is 39.0 Å². The highest BCUT2D eigenvalue weighted by Gasteiger charge is 2.41. The van der Waals surface area contributed by atoms with E-state index in [9.17, 15) is 32.0 Å². The third-order valence-electron chi connectivity index (χ3n) is 7.12. The lowest BCUT2D eigenvalue weighted by Crippen LogP contribution is -2.49. The summed E-state index contributed by atoms with van der Waals surface area (Å²) in [4.78, 5) is 20.7. The molecule has 0 aliphatic carbocycles. The summed E-state index contributed by atoms with van der Waals surface area (Å²) in [7, 11) is 0. The minimum Gasteiger partial charge on any atom is -0.370 e. The van der Waals surface area contributed by atoms with Crippen LogP contribution in [0.1, 0.15) is 42.7 Å². The largest absolute Gasteiger partial charge is 0.451 e. The van der Waals surface area contributed by atoms with Crippen LogP contribution in [0.4, 0.5) is 27.6 Å². The lowest BCUT2D eigenvalue weighted by Gasteiger charge is -2.40. The number of carbonyl (C=O) groups excluding carboxylic acids is 1. The van der Waals surface area contributed by atoms with E-state index < -0.39 is 30.0 Å². The van der Waals surface area contributed by atoms with E-state index in [2.05, 4.69) is 15.2 Å². The van der Waals surface area contributed by atoms with Gasteiger partial charge in [-0.25, -0.2) is 13.8 Å². The number of pyridine rings is 1. The highest BCUT2D eigenvalue weighted by Crippen LogP contribution is 2.39. The van der Waals surface area contributed by atoms with Gasteiger partial charge in [-0.05, 0) is 30.5 Å². The van der Waals surface area contributed by atoms with Crippen molar-refractivity contribution in [3.63, 3.8) is 0 Å². The molecule has 5 rings (SSSR count). The number of rotatable bonds is 3. The van der Waals surface area contributed by atoms with E-state index >= 15 is 0 Å². The van der Waals surface area contributed by atoms with Gasteiger partial charge in [0.05, 0.1) is 17.7 Å². The Morgan fingerprint density at radius 1 is 1.21 bits per heavy atom. The number of nitrogens with zero attached hydrogens (tertiary/aromatic N) is 7. The summed E-state index contributed by atoms with van der Waals surface area (Å²) in [6, 6.07) is 6.51. The van der Waals surface area contributed by atoms with Gasteiger partial charge in [-0.15, -0.1) is 10.2 Å². The minimum atomic E-state index is -4.63. The predicted molar refractivity (Wildman–Crippen MR) is 126 cm³/mol. The van der Waals surface area contributed by atoms with Gasteiger partial charge in [-0.3, -0.25) is 4.79 Å². The van der Waals surface area contributed by atoms with Gasteiger partial charge in [-0.2, -0.15) is 18.4 Å². The van der Waals surface area contributed by atoms with E-state index in [4.69, 9.17) is 11.6 Å². The molecule has 0 saturated carbocycles. The average molecular weight is 554 g/mol. The van der Waals surface area contributed by atoms with Crippen LogP contribution in [-0.4, -0.2) is 50.2 Å². The van der Waals surface area contributed by atoms with Crippen LogP contribution in [0.15, 0.2) is 18.2 Å². The smallest absolute Gasteiger partial charge is 0.370 e. The number of benzene rings is 1. The van der Waals surface area contributed by atoms with Crippen molar-refractivity contribution in [2.24, 2.45) is 11.8 Å². The van der Waals surface area contributed by atoms with Crippen LogP contribution >= 0.6 is 11.6 Å². The molecular weight excluding hydrogens is 533 g/mol. The Morgan fingerprint density at radius 3 is 2.63 bits per heavy atom. The SMILES string of the molecule is C[C@H]1CN(c2c(C#N)c(C(F)F)nc3ccc(Cl)cc23)CC[C@H]1C(=O)N1CCn2c(nnc2C(F)(F)F)C1. The highest BCUT2D eigenvalue weighted by atomic mass is 35.5. The van der Waals surface area contributed by atoms with E-state index in [-0.39, 0.29) is 48.4 Å². The quantitative estimate of drug-likeness (QED) is 0.432. The van der Waals surface area contributed by atoms with Gasteiger partial charge in [-0.1, -0.05) is 18.5 Å². The summed E-state index contributed by atoms with van der Waals surface area (Å²) in [6.45, 7) is 2.37. The molecule has 14 heteroatoms. The second-order valence-corrected chi connectivity index (χ2v) is 9.90. The topological polar surface area (TPSA) is 90.9 Å². The van der Waals surface area contributed by atoms with Crippen molar-refractivity contribution < 1.29 is 26.7 Å². The molecule has 0 radical (unpaired) electrons. The number of hydrogen-bond donors (Lipinski definition) is 0. The van der Waals surface area contributed by atoms with Gasteiger partial charge in [0.15, 0.2) is 5.82 Å². The number of anilines is 1. The first-order valence-corrected chi connectivity index (χ1v) is 12.2. The van der Waals surface area contributed by atoms with Crippen LogP contribution in [0.3, 0.4) is 0 Å². The molecule has 2 atom stereocenters. The van der Waals surface area contributed by atoms with Gasteiger partial charge >= 0.3 is 6.18 Å². The van der Waals surface area contributed by atoms with E-state index in [0.717, 1.165) is 4.57 Å². The predicted octanol–water partition coefficient (Wildman–Crippen LogP) is 4.81. The first-order valence-electron chi connectivity index (χ1n) is 11.8. The Balaban J connectivity index is 1.39. The van der Waals surface area contributed by atoms with Crippen molar-refractivity contribution in [1.82, 2.24) is 24.6 Å². The number of halogens is 6. The third kappa shape index (κ3) is 4.51. The van der Waals surface area contributed by atoms with Crippen LogP contribution in [-0.2, 0) is 24.1 Å². The monoisotopic (exact) mass is 553 g/mol. The molecule has 1 fully saturated rings. The maximum Gasteiger partial charge on any atom is 0.451 e. The Bertz CT molecular complexity index is 1450. The second-order valence-electron chi connectivity index (χ2n) is 9.46. The Kier molecular flexibility index (Phi) is 6.63. The van der Waals surface area contributed by atoms with E-state index in [0.29, 0.717) is 35.6 Å². The first kappa shape index (κ1) is 26.1. The van der Waals surface area contributed by atoms with Gasteiger partial charge in [0.25, 0.3) is 6.43 Å². The van der Waals surface area contributed by atoms with Gasteiger partial charge in [0.1, 0.15) is 17.3 Å². The van der Waals surface area contributed by atoms with Gasteiger partial charge in [0.2, 0.25) is 11.7 Å². The van der Waals surface area contributed by atoms with Crippen LogP contribution < -0.4 is 4.90 Å². The average Bonchev–Trinajstić information content (AvgIpc) is 3.31. The lowest BCUT2D eigenvalue weighted by molar-refractivity contribution is -0.148. The van der Waals surface area contributed by atoms with Crippen molar-refractivity contribution in [3.05, 3.63) is 46.1 Å². The van der Waals surface area contributed by atoms with E-state index in [1.165, 1.54) is 17.0 Å². The molecule has 8 nitrogen and oxygen atoms in total. The van der Waals surface area contributed by atoms with E-state index in [1.54, 1.807) is 6.07 Å². The van der Waals surface area contributed by atoms with Crippen LogP contribution in [0, 0.1) is 23.2 Å². The molecule has 1 saturated heterocycles. The third-order valence-corrected chi connectivity index (χ3v) is 7.36. The van der Waals surface area contributed by atoms with Crippen molar-refractivity contribution >= 4 is 34.1 Å². The van der Waals surface area contributed by atoms with Crippen molar-refractivity contribution in [3.8, 4) is 6.07 Å². The normalized spacial score (nSPS) is 20.1. The number of nitriles is 1. The fourth-order valence-corrected chi connectivity index (χ4v) is 5.51. The molecule has 4 heterocycles. The second kappa shape index (κ2) is 9.65. The summed E-state index contributed by atoms with van der Waals surface area (Å²) >= 11 is 6.17. The summed E-state index contributed by atoms with van der Waals surface area (Å²) in [5.74, 6) is -1.91. The summed E-state index contributed by atoms with van der Waals surface area (Å²) in [6.07, 6.45) is -7.23. The zero-order chi connectivity index (χ0) is 27.4. The molecule has 2 aliphatic heterocycles. The number of carbonyl (C=O) groups is 1. The molecule has 1 amide bonds. The Morgan fingerprint density at radius 2 is 1.97 bits per heavy atom. The van der Waals surface area contributed by atoms with Gasteiger partial charge < -0.3 is 14.4 Å². The Labute approximate surface area is 218 Å². The maximum atomic E-state index is 13.8. The summed E-state index contributed by atoms with van der Waals surface area (Å²) in [5, 5.41) is 17.5. The molecule has 0 bridgehead atoms. The van der Waals surface area contributed by atoms with Crippen LogP contribution in [0.2, 0.25) is 5.02 Å². The molecule has 1 aromatic carbocycles. The van der Waals surface area contributed by atoms with E-state index in [1.807, 2.05) is 17.9 Å². The number of aromatic nitrogens is 4. The molecule has 38 heavy (non-hydrogen) atoms. The molecule has 3 aromatic rings. The van der Waals surface area contributed by atoms with Gasteiger partial charge in [0, 0.05) is 42.5 Å². The fourth-order valence-electron chi connectivity index (χ4n) is 5.34. The maximum absolute atomic E-state index is 13.8. The molecule has 0 unspecified atom stereocenters. The van der Waals surface area contributed by atoms with Crippen molar-refractivity contribution in [2.75, 3.05) is 24.5 Å². The van der Waals surface area contributed by atoms with Crippen LogP contribution in [0.25, 0.3) is 10.9 Å². The molecule has 2 aromatic heterocycles. The fraction of sp³-hybridized carbons (Fsp3) is 0.458. The molecule has 0 spiro atoms. The number of hydrogen-bond acceptors (Lipinski definition) is 6. The number of alkyl halides is 5. The summed E-state index contributed by atoms with van der Waals surface area (Å²) < 4.78 is 68.0. The molecular formula is C24H21ClF5N7O.